The lowest BCUT2D eigenvalue weighted by Gasteiger charge is -2.15. The van der Waals surface area contributed by atoms with Crippen LogP contribution in [0.3, 0.4) is 0 Å². The minimum Gasteiger partial charge on any atom is -0.202 e. The fourth-order valence-corrected chi connectivity index (χ4v) is 2.52. The summed E-state index contributed by atoms with van der Waals surface area (Å²) >= 11 is 0. The van der Waals surface area contributed by atoms with Crippen LogP contribution in [0.5, 0.6) is 0 Å². The summed E-state index contributed by atoms with van der Waals surface area (Å²) in [5.41, 5.74) is 7.29. The molecule has 1 heteroatoms. The van der Waals surface area contributed by atoms with Gasteiger partial charge in [-0.15, -0.1) is 0 Å². The van der Waals surface area contributed by atoms with E-state index in [1.54, 1.807) is 0 Å². The van der Waals surface area contributed by atoms with Crippen LogP contribution in [0.15, 0.2) is 12.1 Å². The molecule has 0 saturated heterocycles. The van der Waals surface area contributed by atoms with E-state index in [-0.39, 0.29) is 5.41 Å². The van der Waals surface area contributed by atoms with Crippen LogP contribution in [-0.2, 0) is 5.41 Å². The number of hydrogen-bond acceptors (Lipinski definition) is 0. The van der Waals surface area contributed by atoms with Crippen molar-refractivity contribution in [3.8, 4) is 0 Å². The average molecular weight is 202 g/mol. The van der Waals surface area contributed by atoms with Crippen LogP contribution in [-0.4, -0.2) is 17.3 Å². The first-order chi connectivity index (χ1) is 6.87. The summed E-state index contributed by atoms with van der Waals surface area (Å²) in [5, 5.41) is 0. The average Bonchev–Trinajstić information content (AvgIpc) is 2.34. The zero-order chi connectivity index (χ0) is 11.4. The molecule has 0 unspecified atom stereocenters. The molecule has 1 aliphatic rings. The first-order valence-electron chi connectivity index (χ1n) is 5.56. The van der Waals surface area contributed by atoms with E-state index in [1.807, 2.05) is 0 Å². The largest absolute Gasteiger partial charge is 0.212 e. The van der Waals surface area contributed by atoms with Crippen molar-refractivity contribution in [1.29, 1.82) is 0 Å². The molecule has 1 nitrogen and oxygen atoms in total. The SMILES string of the molecule is CC1=[N+](C)c2c(ccc(C)c2C)C1(C)C. The molecule has 1 aromatic rings. The van der Waals surface area contributed by atoms with Crippen LogP contribution in [0.1, 0.15) is 37.5 Å². The second kappa shape index (κ2) is 2.94. The predicted molar refractivity (Wildman–Crippen MR) is 65.5 cm³/mol. The highest BCUT2D eigenvalue weighted by Crippen LogP contribution is 2.41. The third-order valence-electron chi connectivity index (χ3n) is 4.12. The number of rotatable bonds is 0. The van der Waals surface area contributed by atoms with Gasteiger partial charge in [-0.3, -0.25) is 0 Å². The van der Waals surface area contributed by atoms with Crippen LogP contribution in [0.4, 0.5) is 5.69 Å². The summed E-state index contributed by atoms with van der Waals surface area (Å²) in [4.78, 5) is 0. The van der Waals surface area contributed by atoms with E-state index < -0.39 is 0 Å². The van der Waals surface area contributed by atoms with Crippen molar-refractivity contribution in [3.05, 3.63) is 28.8 Å². The summed E-state index contributed by atoms with van der Waals surface area (Å²) in [6.45, 7) is 11.2. The number of hydrogen-bond donors (Lipinski definition) is 0. The van der Waals surface area contributed by atoms with Gasteiger partial charge in [-0.2, -0.15) is 0 Å². The standard InChI is InChI=1S/C14H20N/c1-9-7-8-12-13(10(9)2)15(6)11(3)14(12,4)5/h7-8H,1-6H3/q+1. The third-order valence-corrected chi connectivity index (χ3v) is 4.12. The van der Waals surface area contributed by atoms with Crippen LogP contribution >= 0.6 is 0 Å². The molecular weight excluding hydrogens is 182 g/mol. The molecule has 80 valence electrons. The van der Waals surface area contributed by atoms with Crippen molar-refractivity contribution in [1.82, 2.24) is 0 Å². The van der Waals surface area contributed by atoms with Crippen molar-refractivity contribution in [2.45, 2.75) is 40.0 Å². The molecule has 0 spiro atoms. The molecule has 0 aliphatic carbocycles. The van der Waals surface area contributed by atoms with Gasteiger partial charge in [0.15, 0.2) is 5.71 Å². The van der Waals surface area contributed by atoms with E-state index in [9.17, 15) is 0 Å². The third kappa shape index (κ3) is 1.19. The number of fused-ring (bicyclic) bond motifs is 1. The van der Waals surface area contributed by atoms with Crippen LogP contribution < -0.4 is 0 Å². The van der Waals surface area contributed by atoms with Crippen LogP contribution in [0.25, 0.3) is 0 Å². The number of nitrogens with zero attached hydrogens (tertiary/aromatic N) is 1. The van der Waals surface area contributed by atoms with Gasteiger partial charge in [0.25, 0.3) is 0 Å². The molecule has 1 aromatic carbocycles. The maximum absolute atomic E-state index is 2.34. The van der Waals surface area contributed by atoms with Gasteiger partial charge >= 0.3 is 0 Å². The van der Waals surface area contributed by atoms with E-state index >= 15 is 0 Å². The summed E-state index contributed by atoms with van der Waals surface area (Å²) in [6, 6.07) is 4.52. The Hall–Kier alpha value is -1.11. The van der Waals surface area contributed by atoms with Crippen molar-refractivity contribution < 1.29 is 4.58 Å². The molecule has 0 radical (unpaired) electrons. The van der Waals surface area contributed by atoms with E-state index in [1.165, 1.54) is 28.1 Å². The number of aryl methyl sites for hydroxylation is 1. The Morgan fingerprint density at radius 1 is 1.07 bits per heavy atom. The smallest absolute Gasteiger partial charge is 0.202 e. The Labute approximate surface area is 92.5 Å². The zero-order valence-electron chi connectivity index (χ0n) is 10.6. The molecule has 15 heavy (non-hydrogen) atoms. The highest BCUT2D eigenvalue weighted by atomic mass is 15.0. The van der Waals surface area contributed by atoms with E-state index in [0.29, 0.717) is 0 Å². The summed E-state index contributed by atoms with van der Waals surface area (Å²) in [6.07, 6.45) is 0. The van der Waals surface area contributed by atoms with Gasteiger partial charge < -0.3 is 0 Å². The lowest BCUT2D eigenvalue weighted by atomic mass is 9.81. The van der Waals surface area contributed by atoms with E-state index in [0.717, 1.165) is 0 Å². The molecule has 1 aliphatic heterocycles. The van der Waals surface area contributed by atoms with Gasteiger partial charge in [-0.1, -0.05) is 12.1 Å². The maximum atomic E-state index is 2.34. The Morgan fingerprint density at radius 3 is 2.27 bits per heavy atom. The van der Waals surface area contributed by atoms with Crippen molar-refractivity contribution in [3.63, 3.8) is 0 Å². The molecule has 0 atom stereocenters. The fraction of sp³-hybridized carbons (Fsp3) is 0.500. The zero-order valence-corrected chi connectivity index (χ0v) is 10.6. The Bertz CT molecular complexity index is 464. The Balaban J connectivity index is 2.82. The predicted octanol–water partition coefficient (Wildman–Crippen LogP) is 3.33. The molecule has 1 heterocycles. The molecule has 0 aromatic heterocycles. The first kappa shape index (κ1) is 10.4. The molecule has 0 amide bonds. The molecule has 0 N–H and O–H groups in total. The Morgan fingerprint density at radius 2 is 1.67 bits per heavy atom. The normalized spacial score (nSPS) is 18.3. The van der Waals surface area contributed by atoms with Gasteiger partial charge in [0.1, 0.15) is 7.05 Å². The van der Waals surface area contributed by atoms with Crippen molar-refractivity contribution >= 4 is 11.4 Å². The van der Waals surface area contributed by atoms with Crippen molar-refractivity contribution in [2.24, 2.45) is 0 Å². The topological polar surface area (TPSA) is 3.01 Å². The molecule has 2 rings (SSSR count). The minimum atomic E-state index is 0.183. The summed E-state index contributed by atoms with van der Waals surface area (Å²) in [5.74, 6) is 0. The second-order valence-electron chi connectivity index (χ2n) is 5.17. The van der Waals surface area contributed by atoms with Gasteiger partial charge in [-0.25, -0.2) is 4.58 Å². The molecular formula is C14H20N+. The molecule has 0 saturated carbocycles. The van der Waals surface area contributed by atoms with Crippen molar-refractivity contribution in [2.75, 3.05) is 7.05 Å². The first-order valence-corrected chi connectivity index (χ1v) is 5.56. The number of benzene rings is 1. The lowest BCUT2D eigenvalue weighted by molar-refractivity contribution is -0.403. The Kier molecular flexibility index (Phi) is 2.04. The lowest BCUT2D eigenvalue weighted by Crippen LogP contribution is -2.25. The highest BCUT2D eigenvalue weighted by Gasteiger charge is 2.42. The van der Waals surface area contributed by atoms with Gasteiger partial charge in [0.2, 0.25) is 5.69 Å². The van der Waals surface area contributed by atoms with Crippen LogP contribution in [0, 0.1) is 13.8 Å². The van der Waals surface area contributed by atoms with Gasteiger partial charge in [-0.05, 0) is 33.3 Å². The maximum Gasteiger partial charge on any atom is 0.212 e. The van der Waals surface area contributed by atoms with E-state index in [2.05, 4.69) is 58.4 Å². The second-order valence-corrected chi connectivity index (χ2v) is 5.17. The quantitative estimate of drug-likeness (QED) is 0.568. The minimum absolute atomic E-state index is 0.183. The monoisotopic (exact) mass is 202 g/mol. The van der Waals surface area contributed by atoms with E-state index in [4.69, 9.17) is 0 Å². The molecule has 0 fully saturated rings. The molecule has 0 bridgehead atoms. The van der Waals surface area contributed by atoms with Crippen LogP contribution in [0.2, 0.25) is 0 Å². The highest BCUT2D eigenvalue weighted by molar-refractivity contribution is 5.93. The summed E-state index contributed by atoms with van der Waals surface area (Å²) < 4.78 is 2.34. The van der Waals surface area contributed by atoms with Gasteiger partial charge in [0, 0.05) is 18.1 Å². The fourth-order valence-electron chi connectivity index (χ4n) is 2.52. The van der Waals surface area contributed by atoms with Gasteiger partial charge in [0.05, 0.1) is 5.41 Å². The summed E-state index contributed by atoms with van der Waals surface area (Å²) in [7, 11) is 2.18.